The molecule has 1 N–H and O–H groups in total. The quantitative estimate of drug-likeness (QED) is 0.780. The number of pyridine rings is 1. The van der Waals surface area contributed by atoms with Crippen LogP contribution in [-0.2, 0) is 16.1 Å². The molecule has 2 bridgehead atoms. The Balaban J connectivity index is 1.40. The van der Waals surface area contributed by atoms with Crippen LogP contribution in [0.2, 0.25) is 0 Å². The molecule has 2 aromatic rings. The van der Waals surface area contributed by atoms with Crippen molar-refractivity contribution in [3.05, 3.63) is 66.0 Å². The summed E-state index contributed by atoms with van der Waals surface area (Å²) in [6.07, 6.45) is 7.13. The summed E-state index contributed by atoms with van der Waals surface area (Å²) in [7, 11) is 0. The van der Waals surface area contributed by atoms with Crippen molar-refractivity contribution >= 4 is 11.6 Å². The molecule has 3 fully saturated rings. The van der Waals surface area contributed by atoms with Gasteiger partial charge in [0.2, 0.25) is 5.91 Å². The van der Waals surface area contributed by atoms with Gasteiger partial charge in [-0.1, -0.05) is 37.3 Å². The third-order valence-electron chi connectivity index (χ3n) is 8.35. The van der Waals surface area contributed by atoms with Crippen molar-refractivity contribution in [2.45, 2.75) is 57.0 Å². The Morgan fingerprint density at radius 3 is 2.61 bits per heavy atom. The van der Waals surface area contributed by atoms with E-state index < -0.39 is 5.72 Å². The summed E-state index contributed by atoms with van der Waals surface area (Å²) in [5, 5.41) is 3.45. The van der Waals surface area contributed by atoms with Crippen LogP contribution in [0.15, 0.2) is 59.9 Å². The number of ether oxygens (including phenoxy) is 1. The zero-order chi connectivity index (χ0) is 22.4. The number of rotatable bonds is 4. The molecule has 2 saturated heterocycles. The number of hydrogen-bond donors (Lipinski definition) is 1. The van der Waals surface area contributed by atoms with Crippen LogP contribution >= 0.6 is 0 Å². The molecule has 1 aliphatic carbocycles. The number of aliphatic imine (C=N–C) groups is 1. The van der Waals surface area contributed by atoms with Gasteiger partial charge in [0.15, 0.2) is 12.0 Å². The average molecular weight is 445 g/mol. The average Bonchev–Trinajstić information content (AvgIpc) is 3.32. The number of carbonyl (C=O) groups is 1. The van der Waals surface area contributed by atoms with Gasteiger partial charge in [0.25, 0.3) is 0 Å². The first-order valence-corrected chi connectivity index (χ1v) is 12.4. The van der Waals surface area contributed by atoms with E-state index in [-0.39, 0.29) is 29.9 Å². The van der Waals surface area contributed by atoms with Crippen LogP contribution in [0.3, 0.4) is 0 Å². The van der Waals surface area contributed by atoms with Gasteiger partial charge in [0.1, 0.15) is 0 Å². The molecule has 6 heteroatoms. The Morgan fingerprint density at radius 1 is 1.09 bits per heavy atom. The van der Waals surface area contributed by atoms with E-state index in [1.165, 1.54) is 5.56 Å². The van der Waals surface area contributed by atoms with Crippen LogP contribution < -0.4 is 5.32 Å². The molecular formula is C27H32N4O2. The maximum absolute atomic E-state index is 13.9. The molecule has 4 aliphatic rings. The zero-order valence-electron chi connectivity index (χ0n) is 19.2. The van der Waals surface area contributed by atoms with Crippen LogP contribution in [0.25, 0.3) is 0 Å². The number of benzene rings is 1. The fourth-order valence-electron chi connectivity index (χ4n) is 6.43. The normalized spacial score (nSPS) is 34.2. The molecular weight excluding hydrogens is 412 g/mol. The zero-order valence-corrected chi connectivity index (χ0v) is 19.2. The van der Waals surface area contributed by atoms with Crippen molar-refractivity contribution < 1.29 is 9.53 Å². The number of amides is 1. The number of hydrogen-bond acceptors (Lipinski definition) is 5. The Morgan fingerprint density at radius 2 is 1.85 bits per heavy atom. The van der Waals surface area contributed by atoms with Gasteiger partial charge in [-0.2, -0.15) is 0 Å². The van der Waals surface area contributed by atoms with Crippen LogP contribution in [0.1, 0.15) is 49.7 Å². The van der Waals surface area contributed by atoms with Gasteiger partial charge < -0.3 is 15.0 Å². The second-order valence-corrected chi connectivity index (χ2v) is 10.1. The monoisotopic (exact) mass is 444 g/mol. The van der Waals surface area contributed by atoms with Crippen molar-refractivity contribution in [3.63, 3.8) is 0 Å². The maximum Gasteiger partial charge on any atom is 0.229 e. The van der Waals surface area contributed by atoms with Crippen LogP contribution in [0, 0.1) is 17.8 Å². The summed E-state index contributed by atoms with van der Waals surface area (Å²) in [5.74, 6) is 1.06. The lowest BCUT2D eigenvalue weighted by atomic mass is 9.78. The van der Waals surface area contributed by atoms with E-state index in [0.717, 1.165) is 43.6 Å². The standard InChI is InChI=1S/C27H32N4O2/c1-18-22(20-5-3-2-4-6-20)15-24-27(33-25(30-24)21-9-13-29-14-10-21)16-23(18)26(32)31(27)17-19-7-11-28-12-8-19/h2-8,11-12,18,21-23,25,29H,9-10,13-17H2,1H3/t18-,22+,23+,25-,27+/m1/s1. The first-order chi connectivity index (χ1) is 16.2. The molecule has 1 saturated carbocycles. The molecule has 33 heavy (non-hydrogen) atoms. The van der Waals surface area contributed by atoms with Crippen molar-refractivity contribution in [2.24, 2.45) is 22.7 Å². The largest absolute Gasteiger partial charge is 0.325 e. The number of nitrogens with one attached hydrogen (secondary N) is 1. The molecule has 0 unspecified atom stereocenters. The Kier molecular flexibility index (Phi) is 5.30. The second-order valence-electron chi connectivity index (χ2n) is 10.1. The molecule has 1 amide bonds. The molecule has 1 aromatic heterocycles. The fraction of sp³-hybridized carbons (Fsp3) is 0.519. The van der Waals surface area contributed by atoms with E-state index in [1.807, 2.05) is 17.0 Å². The summed E-state index contributed by atoms with van der Waals surface area (Å²) < 4.78 is 6.91. The third kappa shape index (κ3) is 3.51. The Hall–Kier alpha value is -2.57. The van der Waals surface area contributed by atoms with Gasteiger partial charge in [0, 0.05) is 37.2 Å². The number of carbonyl (C=O) groups excluding carboxylic acids is 1. The SMILES string of the molecule is C[C@H]1[C@@H]2C[C@@]3(O[C@H](C4CCNCC4)N=C3C[C@@H]1c1ccccc1)N(Cc1ccncc1)C2=O. The summed E-state index contributed by atoms with van der Waals surface area (Å²) in [6, 6.07) is 14.6. The number of nitrogens with zero attached hydrogens (tertiary/aromatic N) is 3. The van der Waals surface area contributed by atoms with Crippen molar-refractivity contribution in [1.82, 2.24) is 15.2 Å². The van der Waals surface area contributed by atoms with Crippen molar-refractivity contribution in [1.29, 1.82) is 0 Å². The van der Waals surface area contributed by atoms with Gasteiger partial charge in [-0.3, -0.25) is 14.8 Å². The number of aromatic nitrogens is 1. The van der Waals surface area contributed by atoms with E-state index in [4.69, 9.17) is 9.73 Å². The minimum Gasteiger partial charge on any atom is -0.325 e. The topological polar surface area (TPSA) is 66.8 Å². The molecule has 6 nitrogen and oxygen atoms in total. The van der Waals surface area contributed by atoms with Crippen molar-refractivity contribution in [3.8, 4) is 0 Å². The molecule has 172 valence electrons. The highest BCUT2D eigenvalue weighted by atomic mass is 16.6. The van der Waals surface area contributed by atoms with E-state index in [1.54, 1.807) is 12.4 Å². The highest BCUT2D eigenvalue weighted by Gasteiger charge is 2.62. The number of likely N-dealkylation sites (tertiary alicyclic amines) is 1. The van der Waals surface area contributed by atoms with E-state index in [9.17, 15) is 4.79 Å². The predicted octanol–water partition coefficient (Wildman–Crippen LogP) is 3.75. The molecule has 1 aromatic carbocycles. The lowest BCUT2D eigenvalue weighted by Crippen LogP contribution is -2.52. The van der Waals surface area contributed by atoms with Crippen LogP contribution in [0.4, 0.5) is 0 Å². The Bertz CT molecular complexity index is 1040. The second kappa shape index (κ2) is 8.33. The van der Waals surface area contributed by atoms with Crippen LogP contribution in [0.5, 0.6) is 0 Å². The van der Waals surface area contributed by atoms with Gasteiger partial charge in [0.05, 0.1) is 5.71 Å². The van der Waals surface area contributed by atoms with Gasteiger partial charge >= 0.3 is 0 Å². The molecule has 3 aliphatic heterocycles. The smallest absolute Gasteiger partial charge is 0.229 e. The third-order valence-corrected chi connectivity index (χ3v) is 8.35. The lowest BCUT2D eigenvalue weighted by Gasteiger charge is -2.38. The minimum absolute atomic E-state index is 0.0588. The molecule has 1 spiro atoms. The molecule has 0 radical (unpaired) electrons. The first kappa shape index (κ1) is 21.0. The molecule has 5 atom stereocenters. The molecule has 6 rings (SSSR count). The number of fused-ring (bicyclic) bond motifs is 1. The minimum atomic E-state index is -0.710. The highest BCUT2D eigenvalue weighted by Crippen LogP contribution is 2.53. The highest BCUT2D eigenvalue weighted by molar-refractivity contribution is 6.01. The van der Waals surface area contributed by atoms with Crippen molar-refractivity contribution in [2.75, 3.05) is 13.1 Å². The summed E-state index contributed by atoms with van der Waals surface area (Å²) in [5.41, 5.74) is 2.75. The fourth-order valence-corrected chi connectivity index (χ4v) is 6.43. The maximum atomic E-state index is 13.9. The van der Waals surface area contributed by atoms with Gasteiger partial charge in [-0.05, 0) is 67.4 Å². The first-order valence-electron chi connectivity index (χ1n) is 12.4. The van der Waals surface area contributed by atoms with E-state index >= 15 is 0 Å². The van der Waals surface area contributed by atoms with Crippen LogP contribution in [-0.4, -0.2) is 46.5 Å². The molecule has 4 heterocycles. The van der Waals surface area contributed by atoms with Gasteiger partial charge in [-0.15, -0.1) is 0 Å². The van der Waals surface area contributed by atoms with E-state index in [2.05, 4.69) is 47.6 Å². The Labute approximate surface area is 195 Å². The summed E-state index contributed by atoms with van der Waals surface area (Å²) in [4.78, 5) is 25.3. The van der Waals surface area contributed by atoms with E-state index in [0.29, 0.717) is 18.9 Å². The van der Waals surface area contributed by atoms with Gasteiger partial charge in [-0.25, -0.2) is 0 Å². The lowest BCUT2D eigenvalue weighted by molar-refractivity contribution is -0.155. The summed E-state index contributed by atoms with van der Waals surface area (Å²) in [6.45, 7) is 4.80. The number of piperidine rings is 1. The summed E-state index contributed by atoms with van der Waals surface area (Å²) >= 11 is 0. The predicted molar refractivity (Wildman–Crippen MR) is 126 cm³/mol.